The minimum Gasteiger partial charge on any atom is -0.465 e. The van der Waals surface area contributed by atoms with Crippen LogP contribution in [0.5, 0.6) is 0 Å². The summed E-state index contributed by atoms with van der Waals surface area (Å²) in [5, 5.41) is 9.95. The summed E-state index contributed by atoms with van der Waals surface area (Å²) >= 11 is 0. The van der Waals surface area contributed by atoms with Gasteiger partial charge in [-0.15, -0.1) is 0 Å². The lowest BCUT2D eigenvalue weighted by Crippen LogP contribution is -2.15. The van der Waals surface area contributed by atoms with Gasteiger partial charge in [0.1, 0.15) is 0 Å². The Labute approximate surface area is 141 Å². The first-order valence-electron chi connectivity index (χ1n) is 7.83. The third-order valence-electron chi connectivity index (χ3n) is 4.10. The van der Waals surface area contributed by atoms with Gasteiger partial charge in [-0.2, -0.15) is 5.10 Å². The molecule has 0 aliphatic carbocycles. The minimum atomic E-state index is -0.415. The van der Waals surface area contributed by atoms with Crippen molar-refractivity contribution in [3.63, 3.8) is 0 Å². The van der Waals surface area contributed by atoms with Crippen molar-refractivity contribution >= 4 is 17.6 Å². The fraction of sp³-hybridized carbons (Fsp3) is 0.389. The van der Waals surface area contributed by atoms with Crippen LogP contribution in [-0.2, 0) is 9.53 Å². The summed E-state index contributed by atoms with van der Waals surface area (Å²) in [6.45, 7) is 7.70. The summed E-state index contributed by atoms with van der Waals surface area (Å²) in [7, 11) is 1.34. The zero-order chi connectivity index (χ0) is 17.9. The van der Waals surface area contributed by atoms with E-state index in [1.165, 1.54) is 7.11 Å². The van der Waals surface area contributed by atoms with Gasteiger partial charge in [0.15, 0.2) is 0 Å². The predicted octanol–water partition coefficient (Wildman–Crippen LogP) is 3.25. The number of esters is 1. The summed E-state index contributed by atoms with van der Waals surface area (Å²) in [6, 6.07) is 5.20. The molecule has 2 rings (SSSR count). The molecule has 1 aromatic heterocycles. The van der Waals surface area contributed by atoms with Gasteiger partial charge >= 0.3 is 5.97 Å². The Morgan fingerprint density at radius 1 is 1.29 bits per heavy atom. The summed E-state index contributed by atoms with van der Waals surface area (Å²) in [5.41, 5.74) is 4.80. The molecule has 1 atom stereocenters. The molecular formula is C18H23N3O3. The standard InChI is InChI=1S/C18H23N3O3/c1-10-6-7-14(9-15(10)18(23)24-5)19-16(22)8-11(2)17-12(3)20-21-13(17)4/h6-7,9,11H,8H2,1-5H3,(H,19,22)(H,20,21)/t11-/m0/s1. The highest BCUT2D eigenvalue weighted by Crippen LogP contribution is 2.25. The normalized spacial score (nSPS) is 11.9. The SMILES string of the molecule is COC(=O)c1cc(NC(=O)C[C@H](C)c2c(C)n[nH]c2C)ccc1C. The van der Waals surface area contributed by atoms with Gasteiger partial charge in [0, 0.05) is 17.8 Å². The molecule has 2 aromatic rings. The van der Waals surface area contributed by atoms with E-state index < -0.39 is 5.97 Å². The molecule has 1 aromatic carbocycles. The van der Waals surface area contributed by atoms with Gasteiger partial charge in [-0.3, -0.25) is 9.89 Å². The van der Waals surface area contributed by atoms with Gasteiger partial charge in [-0.25, -0.2) is 4.79 Å². The van der Waals surface area contributed by atoms with Crippen LogP contribution in [0.15, 0.2) is 18.2 Å². The van der Waals surface area contributed by atoms with Gasteiger partial charge < -0.3 is 10.1 Å². The van der Waals surface area contributed by atoms with Crippen molar-refractivity contribution in [1.29, 1.82) is 0 Å². The first-order chi connectivity index (χ1) is 11.3. The maximum Gasteiger partial charge on any atom is 0.338 e. The monoisotopic (exact) mass is 329 g/mol. The van der Waals surface area contributed by atoms with Crippen molar-refractivity contribution in [3.8, 4) is 0 Å². The Bertz CT molecular complexity index is 745. The van der Waals surface area contributed by atoms with E-state index >= 15 is 0 Å². The fourth-order valence-electron chi connectivity index (χ4n) is 2.91. The highest BCUT2D eigenvalue weighted by Gasteiger charge is 2.18. The number of anilines is 1. The van der Waals surface area contributed by atoms with Gasteiger partial charge in [0.25, 0.3) is 0 Å². The number of aryl methyl sites for hydroxylation is 3. The number of hydrogen-bond acceptors (Lipinski definition) is 4. The van der Waals surface area contributed by atoms with Gasteiger partial charge in [0.2, 0.25) is 5.91 Å². The van der Waals surface area contributed by atoms with Crippen LogP contribution in [-0.4, -0.2) is 29.2 Å². The lowest BCUT2D eigenvalue weighted by atomic mass is 9.95. The molecule has 2 N–H and O–H groups in total. The molecule has 0 unspecified atom stereocenters. The molecule has 1 amide bonds. The molecule has 0 aliphatic heterocycles. The Balaban J connectivity index is 2.09. The molecule has 24 heavy (non-hydrogen) atoms. The number of carbonyl (C=O) groups is 2. The molecule has 1 heterocycles. The van der Waals surface area contributed by atoms with Crippen molar-refractivity contribution in [3.05, 3.63) is 46.3 Å². The van der Waals surface area contributed by atoms with Crippen LogP contribution in [0.3, 0.4) is 0 Å². The molecule has 6 nitrogen and oxygen atoms in total. The summed E-state index contributed by atoms with van der Waals surface area (Å²) in [4.78, 5) is 24.1. The molecule has 0 spiro atoms. The van der Waals surface area contributed by atoms with Crippen molar-refractivity contribution in [2.24, 2.45) is 0 Å². The van der Waals surface area contributed by atoms with Gasteiger partial charge in [0.05, 0.1) is 18.4 Å². The van der Waals surface area contributed by atoms with Crippen LogP contribution in [0.25, 0.3) is 0 Å². The molecule has 0 saturated carbocycles. The van der Waals surface area contributed by atoms with Crippen LogP contribution >= 0.6 is 0 Å². The lowest BCUT2D eigenvalue weighted by molar-refractivity contribution is -0.116. The Morgan fingerprint density at radius 2 is 2.00 bits per heavy atom. The van der Waals surface area contributed by atoms with Crippen molar-refractivity contribution in [2.45, 2.75) is 40.0 Å². The van der Waals surface area contributed by atoms with E-state index in [1.807, 2.05) is 27.7 Å². The fourth-order valence-corrected chi connectivity index (χ4v) is 2.91. The van der Waals surface area contributed by atoms with E-state index in [0.29, 0.717) is 17.7 Å². The average molecular weight is 329 g/mol. The topological polar surface area (TPSA) is 84.1 Å². The maximum atomic E-state index is 12.3. The Hall–Kier alpha value is -2.63. The number of amides is 1. The molecule has 0 bridgehead atoms. The number of nitrogens with zero attached hydrogens (tertiary/aromatic N) is 1. The minimum absolute atomic E-state index is 0.0503. The lowest BCUT2D eigenvalue weighted by Gasteiger charge is -2.13. The van der Waals surface area contributed by atoms with Gasteiger partial charge in [-0.05, 0) is 49.9 Å². The van der Waals surface area contributed by atoms with E-state index in [2.05, 4.69) is 15.5 Å². The zero-order valence-corrected chi connectivity index (χ0v) is 14.7. The van der Waals surface area contributed by atoms with Crippen LogP contribution in [0.2, 0.25) is 0 Å². The number of hydrogen-bond donors (Lipinski definition) is 2. The highest BCUT2D eigenvalue weighted by molar-refractivity contribution is 5.95. The number of rotatable bonds is 5. The van der Waals surface area contributed by atoms with Crippen molar-refractivity contribution in [1.82, 2.24) is 10.2 Å². The molecule has 128 valence electrons. The van der Waals surface area contributed by atoms with E-state index in [9.17, 15) is 9.59 Å². The molecule has 6 heteroatoms. The maximum absolute atomic E-state index is 12.3. The largest absolute Gasteiger partial charge is 0.465 e. The number of H-pyrrole nitrogens is 1. The summed E-state index contributed by atoms with van der Waals surface area (Å²) < 4.78 is 4.75. The van der Waals surface area contributed by atoms with Gasteiger partial charge in [-0.1, -0.05) is 13.0 Å². The van der Waals surface area contributed by atoms with Crippen LogP contribution in [0.4, 0.5) is 5.69 Å². The number of ether oxygens (including phenoxy) is 1. The number of aromatic amines is 1. The number of methoxy groups -OCH3 is 1. The average Bonchev–Trinajstić information content (AvgIpc) is 2.87. The van der Waals surface area contributed by atoms with Crippen LogP contribution in [0, 0.1) is 20.8 Å². The molecule has 0 radical (unpaired) electrons. The first kappa shape index (κ1) is 17.7. The zero-order valence-electron chi connectivity index (χ0n) is 14.7. The molecule has 0 saturated heterocycles. The van der Waals surface area contributed by atoms with Crippen LogP contribution < -0.4 is 5.32 Å². The number of nitrogens with one attached hydrogen (secondary N) is 2. The first-order valence-corrected chi connectivity index (χ1v) is 7.83. The summed E-state index contributed by atoms with van der Waals surface area (Å²) in [5.74, 6) is -0.474. The Morgan fingerprint density at radius 3 is 2.58 bits per heavy atom. The second kappa shape index (κ2) is 7.29. The van der Waals surface area contributed by atoms with E-state index in [-0.39, 0.29) is 11.8 Å². The quantitative estimate of drug-likeness (QED) is 0.825. The third-order valence-corrected chi connectivity index (χ3v) is 4.10. The smallest absolute Gasteiger partial charge is 0.338 e. The summed E-state index contributed by atoms with van der Waals surface area (Å²) in [6.07, 6.45) is 0.336. The van der Waals surface area contributed by atoms with Crippen LogP contribution in [0.1, 0.15) is 52.1 Å². The highest BCUT2D eigenvalue weighted by atomic mass is 16.5. The second-order valence-electron chi connectivity index (χ2n) is 6.02. The molecule has 0 aliphatic rings. The number of benzene rings is 1. The Kier molecular flexibility index (Phi) is 5.39. The van der Waals surface area contributed by atoms with E-state index in [1.54, 1.807) is 18.2 Å². The van der Waals surface area contributed by atoms with E-state index in [0.717, 1.165) is 22.5 Å². The van der Waals surface area contributed by atoms with Crippen molar-refractivity contribution < 1.29 is 14.3 Å². The predicted molar refractivity (Wildman–Crippen MR) is 92.2 cm³/mol. The molecule has 0 fully saturated rings. The number of carbonyl (C=O) groups excluding carboxylic acids is 2. The third kappa shape index (κ3) is 3.82. The molecular weight excluding hydrogens is 306 g/mol. The number of aromatic nitrogens is 2. The second-order valence-corrected chi connectivity index (χ2v) is 6.02. The van der Waals surface area contributed by atoms with Crippen molar-refractivity contribution in [2.75, 3.05) is 12.4 Å². The van der Waals surface area contributed by atoms with E-state index in [4.69, 9.17) is 4.74 Å².